The lowest BCUT2D eigenvalue weighted by atomic mass is 10.2. The predicted molar refractivity (Wildman–Crippen MR) is 83.0 cm³/mol. The van der Waals surface area contributed by atoms with Crippen molar-refractivity contribution in [1.82, 2.24) is 4.90 Å². The molecule has 2 rings (SSSR count). The van der Waals surface area contributed by atoms with Gasteiger partial charge in [0.05, 0.1) is 5.02 Å². The Kier molecular flexibility index (Phi) is 5.17. The number of carbonyl (C=O) groups is 1. The molecule has 0 aliphatic heterocycles. The largest absolute Gasteiger partial charge is 0.322 e. The first-order chi connectivity index (χ1) is 10.1. The van der Waals surface area contributed by atoms with Crippen molar-refractivity contribution in [2.45, 2.75) is 13.5 Å². The molecule has 110 valence electrons. The SMILES string of the molecule is CCN(Cc1ccccc1)C(=O)Nc1ccc(F)c(Cl)c1. The van der Waals surface area contributed by atoms with Crippen LogP contribution < -0.4 is 5.32 Å². The van der Waals surface area contributed by atoms with Crippen LogP contribution in [0.4, 0.5) is 14.9 Å². The normalized spacial score (nSPS) is 10.2. The Labute approximate surface area is 128 Å². The third kappa shape index (κ3) is 4.20. The topological polar surface area (TPSA) is 32.3 Å². The van der Waals surface area contributed by atoms with Crippen molar-refractivity contribution < 1.29 is 9.18 Å². The molecule has 0 saturated heterocycles. The van der Waals surface area contributed by atoms with Gasteiger partial charge >= 0.3 is 6.03 Å². The molecule has 0 bridgehead atoms. The van der Waals surface area contributed by atoms with Crippen LogP contribution in [0.3, 0.4) is 0 Å². The maximum atomic E-state index is 13.1. The highest BCUT2D eigenvalue weighted by atomic mass is 35.5. The van der Waals surface area contributed by atoms with E-state index in [1.54, 1.807) is 4.90 Å². The van der Waals surface area contributed by atoms with Crippen LogP contribution in [0.15, 0.2) is 48.5 Å². The molecule has 0 atom stereocenters. The van der Waals surface area contributed by atoms with Gasteiger partial charge in [0, 0.05) is 18.8 Å². The summed E-state index contributed by atoms with van der Waals surface area (Å²) in [5.74, 6) is -0.508. The first kappa shape index (κ1) is 15.3. The number of urea groups is 1. The quantitative estimate of drug-likeness (QED) is 0.884. The van der Waals surface area contributed by atoms with Crippen LogP contribution in [0.5, 0.6) is 0 Å². The Hall–Kier alpha value is -2.07. The number of hydrogen-bond donors (Lipinski definition) is 1. The first-order valence-electron chi connectivity index (χ1n) is 6.65. The fraction of sp³-hybridized carbons (Fsp3) is 0.188. The van der Waals surface area contributed by atoms with Crippen molar-refractivity contribution in [2.24, 2.45) is 0 Å². The van der Waals surface area contributed by atoms with Crippen molar-refractivity contribution in [3.8, 4) is 0 Å². The maximum absolute atomic E-state index is 13.1. The van der Waals surface area contributed by atoms with Crippen LogP contribution in [0.1, 0.15) is 12.5 Å². The van der Waals surface area contributed by atoms with Crippen LogP contribution in [0.2, 0.25) is 5.02 Å². The average molecular weight is 307 g/mol. The number of anilines is 1. The molecule has 0 saturated carbocycles. The van der Waals surface area contributed by atoms with E-state index in [-0.39, 0.29) is 11.1 Å². The van der Waals surface area contributed by atoms with E-state index in [0.29, 0.717) is 18.8 Å². The van der Waals surface area contributed by atoms with Gasteiger partial charge in [-0.3, -0.25) is 0 Å². The second kappa shape index (κ2) is 7.09. The average Bonchev–Trinajstić information content (AvgIpc) is 2.49. The lowest BCUT2D eigenvalue weighted by molar-refractivity contribution is 0.212. The second-order valence-electron chi connectivity index (χ2n) is 4.56. The van der Waals surface area contributed by atoms with E-state index in [2.05, 4.69) is 5.32 Å². The van der Waals surface area contributed by atoms with E-state index in [1.807, 2.05) is 37.3 Å². The zero-order valence-electron chi connectivity index (χ0n) is 11.6. The molecule has 5 heteroatoms. The fourth-order valence-electron chi connectivity index (χ4n) is 1.91. The van der Waals surface area contributed by atoms with E-state index in [0.717, 1.165) is 5.56 Å². The van der Waals surface area contributed by atoms with Crippen LogP contribution in [0.25, 0.3) is 0 Å². The minimum atomic E-state index is -0.508. The number of carbonyl (C=O) groups excluding carboxylic acids is 1. The van der Waals surface area contributed by atoms with Crippen molar-refractivity contribution in [1.29, 1.82) is 0 Å². The standard InChI is InChI=1S/C16H16ClFN2O/c1-2-20(11-12-6-4-3-5-7-12)16(21)19-13-8-9-15(18)14(17)10-13/h3-10H,2,11H2,1H3,(H,19,21). The molecular formula is C16H16ClFN2O. The summed E-state index contributed by atoms with van der Waals surface area (Å²) < 4.78 is 13.1. The number of nitrogens with one attached hydrogen (secondary N) is 1. The van der Waals surface area contributed by atoms with Gasteiger partial charge in [0.15, 0.2) is 0 Å². The molecule has 2 aromatic rings. The molecule has 2 amide bonds. The van der Waals surface area contributed by atoms with Gasteiger partial charge in [0.2, 0.25) is 0 Å². The monoisotopic (exact) mass is 306 g/mol. The van der Waals surface area contributed by atoms with E-state index in [4.69, 9.17) is 11.6 Å². The number of rotatable bonds is 4. The Morgan fingerprint density at radius 1 is 1.24 bits per heavy atom. The predicted octanol–water partition coefficient (Wildman–Crippen LogP) is 4.53. The molecule has 2 aromatic carbocycles. The molecule has 0 spiro atoms. The second-order valence-corrected chi connectivity index (χ2v) is 4.97. The number of amides is 2. The number of hydrogen-bond acceptors (Lipinski definition) is 1. The summed E-state index contributed by atoms with van der Waals surface area (Å²) in [6.45, 7) is 2.98. The van der Waals surface area contributed by atoms with Gasteiger partial charge in [0.25, 0.3) is 0 Å². The first-order valence-corrected chi connectivity index (χ1v) is 7.03. The van der Waals surface area contributed by atoms with Gasteiger partial charge in [-0.05, 0) is 30.7 Å². The van der Waals surface area contributed by atoms with Crippen LogP contribution in [-0.4, -0.2) is 17.5 Å². The van der Waals surface area contributed by atoms with Crippen molar-refractivity contribution in [3.63, 3.8) is 0 Å². The summed E-state index contributed by atoms with van der Waals surface area (Å²) in [6.07, 6.45) is 0. The highest BCUT2D eigenvalue weighted by Gasteiger charge is 2.12. The number of nitrogens with zero attached hydrogens (tertiary/aromatic N) is 1. The summed E-state index contributed by atoms with van der Waals surface area (Å²) in [5.41, 5.74) is 1.52. The molecule has 0 unspecified atom stereocenters. The van der Waals surface area contributed by atoms with E-state index in [9.17, 15) is 9.18 Å². The Morgan fingerprint density at radius 2 is 1.95 bits per heavy atom. The molecule has 0 radical (unpaired) electrons. The lowest BCUT2D eigenvalue weighted by Gasteiger charge is -2.21. The van der Waals surface area contributed by atoms with Crippen molar-refractivity contribution in [2.75, 3.05) is 11.9 Å². The van der Waals surface area contributed by atoms with E-state index < -0.39 is 5.82 Å². The smallest absolute Gasteiger partial charge is 0.320 e. The van der Waals surface area contributed by atoms with E-state index in [1.165, 1.54) is 18.2 Å². The zero-order chi connectivity index (χ0) is 15.2. The fourth-order valence-corrected chi connectivity index (χ4v) is 2.09. The van der Waals surface area contributed by atoms with Crippen molar-refractivity contribution >= 4 is 23.3 Å². The van der Waals surface area contributed by atoms with Gasteiger partial charge in [-0.1, -0.05) is 41.9 Å². The molecule has 0 aliphatic carbocycles. The molecule has 0 aliphatic rings. The minimum absolute atomic E-state index is 0.0149. The molecule has 21 heavy (non-hydrogen) atoms. The highest BCUT2D eigenvalue weighted by Crippen LogP contribution is 2.19. The third-order valence-electron chi connectivity index (χ3n) is 3.06. The Balaban J connectivity index is 2.04. The molecular weight excluding hydrogens is 291 g/mol. The molecule has 3 nitrogen and oxygen atoms in total. The van der Waals surface area contributed by atoms with Crippen LogP contribution in [0, 0.1) is 5.82 Å². The highest BCUT2D eigenvalue weighted by molar-refractivity contribution is 6.31. The molecule has 0 heterocycles. The lowest BCUT2D eigenvalue weighted by Crippen LogP contribution is -2.34. The summed E-state index contributed by atoms with van der Waals surface area (Å²) in [7, 11) is 0. The zero-order valence-corrected chi connectivity index (χ0v) is 12.4. The van der Waals surface area contributed by atoms with Gasteiger partial charge in [-0.25, -0.2) is 9.18 Å². The Bertz CT molecular complexity index is 619. The Morgan fingerprint density at radius 3 is 2.57 bits per heavy atom. The molecule has 1 N–H and O–H groups in total. The van der Waals surface area contributed by atoms with Gasteiger partial charge < -0.3 is 10.2 Å². The van der Waals surface area contributed by atoms with Gasteiger partial charge in [0.1, 0.15) is 5.82 Å². The van der Waals surface area contributed by atoms with Gasteiger partial charge in [-0.2, -0.15) is 0 Å². The van der Waals surface area contributed by atoms with Crippen molar-refractivity contribution in [3.05, 3.63) is 64.9 Å². The summed E-state index contributed by atoms with van der Waals surface area (Å²) >= 11 is 5.70. The molecule has 0 aromatic heterocycles. The molecule has 0 fully saturated rings. The van der Waals surface area contributed by atoms with Gasteiger partial charge in [-0.15, -0.1) is 0 Å². The van der Waals surface area contributed by atoms with E-state index >= 15 is 0 Å². The summed E-state index contributed by atoms with van der Waals surface area (Å²) in [4.78, 5) is 13.9. The van der Waals surface area contributed by atoms with Crippen LogP contribution >= 0.6 is 11.6 Å². The summed E-state index contributed by atoms with van der Waals surface area (Å²) in [5, 5.41) is 2.70. The minimum Gasteiger partial charge on any atom is -0.320 e. The third-order valence-corrected chi connectivity index (χ3v) is 3.35. The number of halogens is 2. The summed E-state index contributed by atoms with van der Waals surface area (Å²) in [6, 6.07) is 13.6. The maximum Gasteiger partial charge on any atom is 0.322 e. The van der Waals surface area contributed by atoms with Crippen LogP contribution in [-0.2, 0) is 6.54 Å². The number of benzene rings is 2.